The third-order valence-electron chi connectivity index (χ3n) is 4.05. The molecule has 1 aromatic heterocycles. The Balaban J connectivity index is 1.82. The largest absolute Gasteiger partial charge is 0.336 e. The molecular weight excluding hydrogens is 380 g/mol. The van der Waals surface area contributed by atoms with Crippen LogP contribution in [0.5, 0.6) is 0 Å². The molecule has 1 heterocycles. The Hall–Kier alpha value is -2.78. The first-order chi connectivity index (χ1) is 13.2. The van der Waals surface area contributed by atoms with Crippen LogP contribution in [0.4, 0.5) is 5.69 Å². The van der Waals surface area contributed by atoms with Crippen molar-refractivity contribution >= 4 is 27.5 Å². The first-order valence-electron chi connectivity index (χ1n) is 8.70. The van der Waals surface area contributed by atoms with E-state index in [0.717, 1.165) is 11.1 Å². The van der Waals surface area contributed by atoms with Crippen molar-refractivity contribution in [2.45, 2.75) is 25.2 Å². The zero-order valence-electron chi connectivity index (χ0n) is 16.1. The number of nitrogens with one attached hydrogen (secondary N) is 2. The van der Waals surface area contributed by atoms with Crippen LogP contribution in [-0.4, -0.2) is 50.3 Å². The van der Waals surface area contributed by atoms with Crippen LogP contribution < -0.4 is 10.0 Å². The van der Waals surface area contributed by atoms with E-state index in [9.17, 15) is 18.0 Å². The Labute approximate surface area is 165 Å². The predicted octanol–water partition coefficient (Wildman–Crippen LogP) is 1.46. The van der Waals surface area contributed by atoms with Crippen LogP contribution in [0, 0.1) is 13.8 Å². The number of pyridine rings is 1. The number of nitrogens with zero attached hydrogens (tertiary/aromatic N) is 2. The van der Waals surface area contributed by atoms with Gasteiger partial charge in [0.1, 0.15) is 4.90 Å². The van der Waals surface area contributed by atoms with Gasteiger partial charge < -0.3 is 10.2 Å². The molecule has 0 saturated carbocycles. The van der Waals surface area contributed by atoms with E-state index in [0.29, 0.717) is 5.69 Å². The van der Waals surface area contributed by atoms with E-state index in [1.807, 2.05) is 32.0 Å². The Bertz CT molecular complexity index is 946. The number of likely N-dealkylation sites (N-methyl/N-ethyl adjacent to an activating group) is 1. The molecule has 2 rings (SSSR count). The van der Waals surface area contributed by atoms with Gasteiger partial charge in [-0.3, -0.25) is 14.6 Å². The average Bonchev–Trinajstić information content (AvgIpc) is 2.65. The molecule has 9 heteroatoms. The highest BCUT2D eigenvalue weighted by atomic mass is 32.2. The van der Waals surface area contributed by atoms with E-state index < -0.39 is 10.0 Å². The van der Waals surface area contributed by atoms with Crippen molar-refractivity contribution in [3.8, 4) is 0 Å². The van der Waals surface area contributed by atoms with E-state index in [4.69, 9.17) is 0 Å². The number of anilines is 1. The number of aromatic nitrogens is 1. The smallest absolute Gasteiger partial charge is 0.243 e. The molecular formula is C19H24N4O4S. The standard InChI is InChI=1S/C19H24N4O4S/c1-14-6-7-15(2)17(11-14)22-18(24)13-23(3)19(25)8-10-21-28(26,27)16-5-4-9-20-12-16/h4-7,9,11-12,21H,8,10,13H2,1-3H3,(H,22,24). The summed E-state index contributed by atoms with van der Waals surface area (Å²) in [6, 6.07) is 8.66. The normalized spacial score (nSPS) is 11.1. The molecule has 0 aliphatic heterocycles. The molecule has 150 valence electrons. The monoisotopic (exact) mass is 404 g/mol. The number of benzene rings is 1. The molecule has 1 aromatic carbocycles. The van der Waals surface area contributed by atoms with Crippen molar-refractivity contribution in [2.75, 3.05) is 25.5 Å². The molecule has 0 aliphatic carbocycles. The molecule has 28 heavy (non-hydrogen) atoms. The summed E-state index contributed by atoms with van der Waals surface area (Å²) in [6.07, 6.45) is 2.64. The van der Waals surface area contributed by atoms with Crippen molar-refractivity contribution in [2.24, 2.45) is 0 Å². The molecule has 2 N–H and O–H groups in total. The van der Waals surface area contributed by atoms with Gasteiger partial charge in [-0.15, -0.1) is 0 Å². The quantitative estimate of drug-likeness (QED) is 0.692. The summed E-state index contributed by atoms with van der Waals surface area (Å²) in [7, 11) is -2.22. The molecule has 0 atom stereocenters. The molecule has 0 aliphatic rings. The fourth-order valence-corrected chi connectivity index (χ4v) is 3.43. The lowest BCUT2D eigenvalue weighted by Gasteiger charge is -2.17. The molecule has 8 nitrogen and oxygen atoms in total. The van der Waals surface area contributed by atoms with Gasteiger partial charge in [0.25, 0.3) is 0 Å². The second-order valence-electron chi connectivity index (χ2n) is 6.45. The highest BCUT2D eigenvalue weighted by Gasteiger charge is 2.17. The molecule has 0 unspecified atom stereocenters. The minimum Gasteiger partial charge on any atom is -0.336 e. The lowest BCUT2D eigenvalue weighted by Crippen LogP contribution is -2.37. The lowest BCUT2D eigenvalue weighted by molar-refractivity contribution is -0.133. The number of carbonyl (C=O) groups is 2. The number of carbonyl (C=O) groups excluding carboxylic acids is 2. The number of rotatable bonds is 8. The van der Waals surface area contributed by atoms with E-state index in [1.54, 1.807) is 0 Å². The molecule has 2 amide bonds. The van der Waals surface area contributed by atoms with Crippen LogP contribution in [-0.2, 0) is 19.6 Å². The Morgan fingerprint density at radius 1 is 1.18 bits per heavy atom. The van der Waals surface area contributed by atoms with Gasteiger partial charge >= 0.3 is 0 Å². The van der Waals surface area contributed by atoms with Crippen molar-refractivity contribution in [3.63, 3.8) is 0 Å². The fourth-order valence-electron chi connectivity index (χ4n) is 2.44. The lowest BCUT2D eigenvalue weighted by atomic mass is 10.1. The molecule has 0 saturated heterocycles. The Kier molecular flexibility index (Phi) is 7.24. The third-order valence-corrected chi connectivity index (χ3v) is 5.50. The van der Waals surface area contributed by atoms with E-state index in [1.165, 1.54) is 36.5 Å². The predicted molar refractivity (Wildman–Crippen MR) is 106 cm³/mol. The maximum Gasteiger partial charge on any atom is 0.243 e. The van der Waals surface area contributed by atoms with E-state index >= 15 is 0 Å². The van der Waals surface area contributed by atoms with Crippen LogP contribution in [0.15, 0.2) is 47.6 Å². The van der Waals surface area contributed by atoms with E-state index in [2.05, 4.69) is 15.0 Å². The summed E-state index contributed by atoms with van der Waals surface area (Å²) in [5.41, 5.74) is 2.65. The summed E-state index contributed by atoms with van der Waals surface area (Å²) in [4.78, 5) is 29.4. The van der Waals surface area contributed by atoms with Crippen molar-refractivity contribution in [3.05, 3.63) is 53.9 Å². The molecule has 0 radical (unpaired) electrons. The van der Waals surface area contributed by atoms with Crippen LogP contribution in [0.2, 0.25) is 0 Å². The Morgan fingerprint density at radius 2 is 1.93 bits per heavy atom. The summed E-state index contributed by atoms with van der Waals surface area (Å²) in [6.45, 7) is 3.62. The third kappa shape index (κ3) is 6.14. The summed E-state index contributed by atoms with van der Waals surface area (Å²) in [5.74, 6) is -0.662. The van der Waals surface area contributed by atoms with Crippen LogP contribution >= 0.6 is 0 Å². The minimum atomic E-state index is -3.72. The SMILES string of the molecule is Cc1ccc(C)c(NC(=O)CN(C)C(=O)CCNS(=O)(=O)c2cccnc2)c1. The Morgan fingerprint density at radius 3 is 2.61 bits per heavy atom. The average molecular weight is 404 g/mol. The first kappa shape index (κ1) is 21.5. The molecule has 0 fully saturated rings. The first-order valence-corrected chi connectivity index (χ1v) is 10.2. The van der Waals surface area contributed by atoms with Gasteiger partial charge in [0.2, 0.25) is 21.8 Å². The van der Waals surface area contributed by atoms with Crippen molar-refractivity contribution < 1.29 is 18.0 Å². The second kappa shape index (κ2) is 9.43. The van der Waals surface area contributed by atoms with Gasteiger partial charge in [-0.25, -0.2) is 13.1 Å². The zero-order valence-corrected chi connectivity index (χ0v) is 16.9. The topological polar surface area (TPSA) is 108 Å². The van der Waals surface area contributed by atoms with Crippen LogP contribution in [0.1, 0.15) is 17.5 Å². The van der Waals surface area contributed by atoms with Gasteiger partial charge in [-0.05, 0) is 43.2 Å². The number of amides is 2. The maximum atomic E-state index is 12.2. The molecule has 0 spiro atoms. The summed E-state index contributed by atoms with van der Waals surface area (Å²) in [5, 5.41) is 2.79. The van der Waals surface area contributed by atoms with Crippen molar-refractivity contribution in [1.29, 1.82) is 0 Å². The summed E-state index contributed by atoms with van der Waals surface area (Å²) >= 11 is 0. The zero-order chi connectivity index (χ0) is 20.7. The molecule has 0 bridgehead atoms. The highest BCUT2D eigenvalue weighted by molar-refractivity contribution is 7.89. The van der Waals surface area contributed by atoms with Crippen LogP contribution in [0.3, 0.4) is 0 Å². The maximum absolute atomic E-state index is 12.2. The van der Waals surface area contributed by atoms with E-state index in [-0.39, 0.29) is 36.2 Å². The number of hydrogen-bond acceptors (Lipinski definition) is 5. The number of sulfonamides is 1. The summed E-state index contributed by atoms with van der Waals surface area (Å²) < 4.78 is 26.5. The second-order valence-corrected chi connectivity index (χ2v) is 8.22. The van der Waals surface area contributed by atoms with Crippen LogP contribution in [0.25, 0.3) is 0 Å². The molecule has 2 aromatic rings. The van der Waals surface area contributed by atoms with Crippen molar-refractivity contribution in [1.82, 2.24) is 14.6 Å². The number of hydrogen-bond donors (Lipinski definition) is 2. The van der Waals surface area contributed by atoms with Gasteiger partial charge in [-0.1, -0.05) is 12.1 Å². The highest BCUT2D eigenvalue weighted by Crippen LogP contribution is 2.16. The minimum absolute atomic E-state index is 0.0312. The van der Waals surface area contributed by atoms with Gasteiger partial charge in [0.15, 0.2) is 0 Å². The van der Waals surface area contributed by atoms with Gasteiger partial charge in [0, 0.05) is 38.1 Å². The number of aryl methyl sites for hydroxylation is 2. The van der Waals surface area contributed by atoms with Gasteiger partial charge in [0.05, 0.1) is 6.54 Å². The van der Waals surface area contributed by atoms with Gasteiger partial charge in [-0.2, -0.15) is 0 Å². The fraction of sp³-hybridized carbons (Fsp3) is 0.316.